The van der Waals surface area contributed by atoms with Crippen molar-refractivity contribution < 1.29 is 23.7 Å². The number of nitrogens with zero attached hydrogens (tertiary/aromatic N) is 2. The van der Waals surface area contributed by atoms with Crippen LogP contribution in [0.15, 0.2) is 47.4 Å². The van der Waals surface area contributed by atoms with Crippen molar-refractivity contribution in [1.82, 2.24) is 10.2 Å². The molecule has 1 saturated heterocycles. The molecular formula is C19H13ClFN3O5S. The number of hydrogen-bond donors (Lipinski definition) is 1. The number of halogens is 2. The molecule has 0 atom stereocenters. The van der Waals surface area contributed by atoms with Crippen LogP contribution >= 0.6 is 23.4 Å². The van der Waals surface area contributed by atoms with E-state index in [1.165, 1.54) is 36.4 Å². The Morgan fingerprint density at radius 2 is 1.93 bits per heavy atom. The molecule has 0 aliphatic carbocycles. The fourth-order valence-corrected chi connectivity index (χ4v) is 3.71. The van der Waals surface area contributed by atoms with E-state index in [0.29, 0.717) is 5.56 Å². The van der Waals surface area contributed by atoms with E-state index in [0.717, 1.165) is 28.8 Å². The van der Waals surface area contributed by atoms with Gasteiger partial charge in [0.05, 0.1) is 20.4 Å². The summed E-state index contributed by atoms with van der Waals surface area (Å²) in [5.41, 5.74) is 0.359. The summed E-state index contributed by atoms with van der Waals surface area (Å²) in [4.78, 5) is 48.0. The van der Waals surface area contributed by atoms with E-state index in [9.17, 15) is 28.9 Å². The molecule has 2 aromatic rings. The highest BCUT2D eigenvalue weighted by molar-refractivity contribution is 8.18. The van der Waals surface area contributed by atoms with Crippen LogP contribution in [0.2, 0.25) is 5.02 Å². The van der Waals surface area contributed by atoms with Gasteiger partial charge in [0.25, 0.3) is 22.7 Å². The largest absolute Gasteiger partial charge is 0.350 e. The number of nitrogens with one attached hydrogen (secondary N) is 1. The van der Waals surface area contributed by atoms with Crippen molar-refractivity contribution in [3.8, 4) is 0 Å². The molecule has 1 aliphatic heterocycles. The standard InChI is InChI=1S/C19H13ClFN3O5S/c20-15-10-13(24(28)29)5-6-14(15)17(25)22-7-8-23-18(26)16(30-19(23)27)9-11-1-3-12(21)4-2-11/h1-6,9-10H,7-8H2,(H,22,25)/b16-9+. The Bertz CT molecular complexity index is 1070. The molecule has 0 unspecified atom stereocenters. The number of non-ortho nitro benzene ring substituents is 1. The second kappa shape index (κ2) is 9.06. The molecule has 2 aromatic carbocycles. The summed E-state index contributed by atoms with van der Waals surface area (Å²) >= 11 is 6.66. The average molecular weight is 450 g/mol. The minimum absolute atomic E-state index is 0.0337. The maximum atomic E-state index is 13.0. The number of carbonyl (C=O) groups is 3. The molecule has 0 bridgehead atoms. The fraction of sp³-hybridized carbons (Fsp3) is 0.105. The molecule has 3 amide bonds. The monoisotopic (exact) mass is 449 g/mol. The van der Waals surface area contributed by atoms with E-state index in [1.807, 2.05) is 0 Å². The van der Waals surface area contributed by atoms with E-state index in [4.69, 9.17) is 11.6 Å². The Morgan fingerprint density at radius 3 is 2.57 bits per heavy atom. The number of nitro benzene ring substituents is 1. The maximum absolute atomic E-state index is 13.0. The number of amides is 3. The van der Waals surface area contributed by atoms with Crippen molar-refractivity contribution >= 4 is 52.2 Å². The first kappa shape index (κ1) is 21.5. The second-order valence-electron chi connectivity index (χ2n) is 6.06. The summed E-state index contributed by atoms with van der Waals surface area (Å²) < 4.78 is 13.0. The molecule has 1 N–H and O–H groups in total. The highest BCUT2D eigenvalue weighted by Gasteiger charge is 2.34. The van der Waals surface area contributed by atoms with Gasteiger partial charge < -0.3 is 5.32 Å². The lowest BCUT2D eigenvalue weighted by Crippen LogP contribution is -2.37. The molecule has 30 heavy (non-hydrogen) atoms. The molecule has 1 aliphatic rings. The van der Waals surface area contributed by atoms with Gasteiger partial charge >= 0.3 is 0 Å². The second-order valence-corrected chi connectivity index (χ2v) is 7.46. The van der Waals surface area contributed by atoms with Crippen LogP contribution in [0.1, 0.15) is 15.9 Å². The summed E-state index contributed by atoms with van der Waals surface area (Å²) in [7, 11) is 0. The Labute approximate surface area is 178 Å². The molecule has 11 heteroatoms. The van der Waals surface area contributed by atoms with Gasteiger partial charge in [-0.25, -0.2) is 4.39 Å². The van der Waals surface area contributed by atoms with Gasteiger partial charge in [0, 0.05) is 25.2 Å². The highest BCUT2D eigenvalue weighted by atomic mass is 35.5. The first-order valence-electron chi connectivity index (χ1n) is 8.49. The number of hydrogen-bond acceptors (Lipinski definition) is 6. The molecular weight excluding hydrogens is 437 g/mol. The van der Waals surface area contributed by atoms with Crippen molar-refractivity contribution in [2.45, 2.75) is 0 Å². The van der Waals surface area contributed by atoms with E-state index in [2.05, 4.69) is 5.32 Å². The lowest BCUT2D eigenvalue weighted by molar-refractivity contribution is -0.384. The zero-order valence-corrected chi connectivity index (χ0v) is 16.7. The van der Waals surface area contributed by atoms with Crippen LogP contribution in [0.25, 0.3) is 6.08 Å². The van der Waals surface area contributed by atoms with Crippen LogP contribution in [-0.4, -0.2) is 40.0 Å². The zero-order chi connectivity index (χ0) is 21.8. The number of imide groups is 1. The summed E-state index contributed by atoms with van der Waals surface area (Å²) in [6.45, 7) is -0.101. The Kier molecular flexibility index (Phi) is 6.48. The van der Waals surface area contributed by atoms with E-state index in [1.54, 1.807) is 0 Å². The summed E-state index contributed by atoms with van der Waals surface area (Å²) in [6.07, 6.45) is 1.49. The number of thioether (sulfide) groups is 1. The predicted octanol–water partition coefficient (Wildman–Crippen LogP) is 3.85. The van der Waals surface area contributed by atoms with Crippen LogP contribution < -0.4 is 5.32 Å². The Hall–Kier alpha value is -3.24. The molecule has 0 radical (unpaired) electrons. The fourth-order valence-electron chi connectivity index (χ4n) is 2.58. The zero-order valence-electron chi connectivity index (χ0n) is 15.1. The van der Waals surface area contributed by atoms with Crippen LogP contribution in [0.3, 0.4) is 0 Å². The molecule has 1 heterocycles. The SMILES string of the molecule is O=C(NCCN1C(=O)S/C(=C/c2ccc(F)cc2)C1=O)c1ccc([N+](=O)[O-])cc1Cl. The van der Waals surface area contributed by atoms with Crippen molar-refractivity contribution in [2.24, 2.45) is 0 Å². The number of rotatable bonds is 6. The predicted molar refractivity (Wildman–Crippen MR) is 110 cm³/mol. The minimum atomic E-state index is -0.632. The van der Waals surface area contributed by atoms with E-state index < -0.39 is 27.8 Å². The summed E-state index contributed by atoms with van der Waals surface area (Å²) in [5, 5.41) is 12.7. The first-order chi connectivity index (χ1) is 14.3. The molecule has 0 aromatic heterocycles. The summed E-state index contributed by atoms with van der Waals surface area (Å²) in [6, 6.07) is 8.89. The molecule has 3 rings (SSSR count). The number of carbonyl (C=O) groups excluding carboxylic acids is 3. The Balaban J connectivity index is 1.60. The highest BCUT2D eigenvalue weighted by Crippen LogP contribution is 2.32. The van der Waals surface area contributed by atoms with Gasteiger partial charge in [-0.2, -0.15) is 0 Å². The lowest BCUT2D eigenvalue weighted by Gasteiger charge is -2.13. The van der Waals surface area contributed by atoms with Crippen molar-refractivity contribution in [3.63, 3.8) is 0 Å². The third-order valence-electron chi connectivity index (χ3n) is 4.07. The van der Waals surface area contributed by atoms with Crippen molar-refractivity contribution in [1.29, 1.82) is 0 Å². The molecule has 0 spiro atoms. The van der Waals surface area contributed by atoms with Crippen molar-refractivity contribution in [3.05, 3.63) is 79.5 Å². The van der Waals surface area contributed by atoms with Crippen LogP contribution in [0.5, 0.6) is 0 Å². The van der Waals surface area contributed by atoms with Gasteiger partial charge in [0.1, 0.15) is 5.82 Å². The van der Waals surface area contributed by atoms with Crippen LogP contribution in [-0.2, 0) is 4.79 Å². The van der Waals surface area contributed by atoms with Gasteiger partial charge in [0.15, 0.2) is 0 Å². The molecule has 0 saturated carbocycles. The van der Waals surface area contributed by atoms with Crippen LogP contribution in [0, 0.1) is 15.9 Å². The van der Waals surface area contributed by atoms with Gasteiger partial charge in [-0.05, 0) is 41.6 Å². The lowest BCUT2D eigenvalue weighted by atomic mass is 10.2. The molecule has 1 fully saturated rings. The maximum Gasteiger partial charge on any atom is 0.293 e. The molecule has 154 valence electrons. The molecule has 8 nitrogen and oxygen atoms in total. The average Bonchev–Trinajstić information content (AvgIpc) is 2.96. The van der Waals surface area contributed by atoms with Gasteiger partial charge in [-0.1, -0.05) is 23.7 Å². The van der Waals surface area contributed by atoms with Gasteiger partial charge in [-0.15, -0.1) is 0 Å². The van der Waals surface area contributed by atoms with Gasteiger partial charge in [0.2, 0.25) is 0 Å². The van der Waals surface area contributed by atoms with Crippen molar-refractivity contribution in [2.75, 3.05) is 13.1 Å². The van der Waals surface area contributed by atoms with E-state index >= 15 is 0 Å². The number of nitro groups is 1. The third-order valence-corrected chi connectivity index (χ3v) is 5.29. The Morgan fingerprint density at radius 1 is 1.23 bits per heavy atom. The summed E-state index contributed by atoms with van der Waals surface area (Å²) in [5.74, 6) is -1.52. The minimum Gasteiger partial charge on any atom is -0.350 e. The van der Waals surface area contributed by atoms with E-state index in [-0.39, 0.29) is 34.3 Å². The van der Waals surface area contributed by atoms with Gasteiger partial charge in [-0.3, -0.25) is 29.4 Å². The third kappa shape index (κ3) is 4.84. The quantitative estimate of drug-likeness (QED) is 0.407. The van der Waals surface area contributed by atoms with Crippen LogP contribution in [0.4, 0.5) is 14.9 Å². The normalized spacial score (nSPS) is 15.0. The number of benzene rings is 2. The first-order valence-corrected chi connectivity index (χ1v) is 9.69. The smallest absolute Gasteiger partial charge is 0.293 e. The topological polar surface area (TPSA) is 110 Å².